The van der Waals surface area contributed by atoms with E-state index in [1.54, 1.807) is 24.3 Å². The molecule has 1 atom stereocenters. The molecule has 3 rings (SSSR count). The third-order valence-electron chi connectivity index (χ3n) is 6.27. The zero-order chi connectivity index (χ0) is 18.6. The highest BCUT2D eigenvalue weighted by Gasteiger charge is 2.48. The van der Waals surface area contributed by atoms with E-state index in [1.807, 2.05) is 12.1 Å². The summed E-state index contributed by atoms with van der Waals surface area (Å²) in [7, 11) is 0. The van der Waals surface area contributed by atoms with Crippen molar-refractivity contribution in [2.45, 2.75) is 45.4 Å². The van der Waals surface area contributed by atoms with Crippen LogP contribution in [-0.2, 0) is 10.8 Å². The second kappa shape index (κ2) is 5.55. The predicted molar refractivity (Wildman–Crippen MR) is 100 cm³/mol. The van der Waals surface area contributed by atoms with Crippen LogP contribution in [0.1, 0.15) is 72.0 Å². The van der Waals surface area contributed by atoms with E-state index >= 15 is 0 Å². The van der Waals surface area contributed by atoms with E-state index < -0.39 is 5.91 Å². The van der Waals surface area contributed by atoms with Crippen molar-refractivity contribution in [3.05, 3.63) is 70.3 Å². The molecule has 3 nitrogen and oxygen atoms in total. The highest BCUT2D eigenvalue weighted by Crippen LogP contribution is 2.53. The van der Waals surface area contributed by atoms with Crippen molar-refractivity contribution in [3.8, 4) is 0 Å². The number of nitrogens with two attached hydrogens (primary N) is 1. The van der Waals surface area contributed by atoms with Crippen LogP contribution in [0.3, 0.4) is 0 Å². The Bertz CT molecular complexity index is 877. The van der Waals surface area contributed by atoms with Crippen LogP contribution in [0.2, 0.25) is 0 Å². The van der Waals surface area contributed by atoms with Crippen molar-refractivity contribution in [2.75, 3.05) is 0 Å². The van der Waals surface area contributed by atoms with Gasteiger partial charge in [-0.15, -0.1) is 0 Å². The Morgan fingerprint density at radius 1 is 0.880 bits per heavy atom. The molecule has 1 amide bonds. The minimum atomic E-state index is -0.583. The van der Waals surface area contributed by atoms with E-state index in [-0.39, 0.29) is 22.2 Å². The molecule has 0 spiro atoms. The molecule has 2 aromatic rings. The summed E-state index contributed by atoms with van der Waals surface area (Å²) in [5.74, 6) is -0.288. The second-order valence-corrected chi connectivity index (χ2v) is 8.16. The van der Waals surface area contributed by atoms with Gasteiger partial charge in [-0.3, -0.25) is 9.59 Å². The molecule has 0 aromatic heterocycles. The lowest BCUT2D eigenvalue weighted by Gasteiger charge is -2.32. The molecule has 0 saturated heterocycles. The van der Waals surface area contributed by atoms with Crippen molar-refractivity contribution in [2.24, 2.45) is 11.7 Å². The monoisotopic (exact) mass is 335 g/mol. The molecule has 0 heterocycles. The van der Waals surface area contributed by atoms with Crippen LogP contribution >= 0.6 is 0 Å². The Morgan fingerprint density at radius 2 is 1.44 bits per heavy atom. The maximum atomic E-state index is 13.0. The van der Waals surface area contributed by atoms with Gasteiger partial charge in [-0.2, -0.15) is 0 Å². The van der Waals surface area contributed by atoms with Gasteiger partial charge in [0.1, 0.15) is 0 Å². The van der Waals surface area contributed by atoms with Crippen LogP contribution in [0.4, 0.5) is 0 Å². The summed E-state index contributed by atoms with van der Waals surface area (Å²) in [6.07, 6.45) is 0. The molecular weight excluding hydrogens is 310 g/mol. The standard InChI is InChI=1S/C22H25NO2/c1-13-21(2,3)17-11-10-14(12-18(17)22(13,4)5)19(24)15-8-6-7-9-16(15)20(23)25/h6-13H,1-5H3,(H2,23,25). The number of primary amides is 1. The number of benzene rings is 2. The number of ketones is 1. The maximum Gasteiger partial charge on any atom is 0.249 e. The van der Waals surface area contributed by atoms with Gasteiger partial charge in [0, 0.05) is 11.1 Å². The van der Waals surface area contributed by atoms with Gasteiger partial charge < -0.3 is 5.73 Å². The highest BCUT2D eigenvalue weighted by molar-refractivity contribution is 6.15. The van der Waals surface area contributed by atoms with Crippen LogP contribution in [-0.4, -0.2) is 11.7 Å². The van der Waals surface area contributed by atoms with E-state index in [4.69, 9.17) is 5.73 Å². The number of carbonyl (C=O) groups excluding carboxylic acids is 2. The lowest BCUT2D eigenvalue weighted by molar-refractivity contribution is 0.0981. The van der Waals surface area contributed by atoms with Crippen LogP contribution < -0.4 is 5.73 Å². The number of rotatable bonds is 3. The predicted octanol–water partition coefficient (Wildman–Crippen LogP) is 4.22. The number of hydrogen-bond donors (Lipinski definition) is 1. The summed E-state index contributed by atoms with van der Waals surface area (Å²) in [5, 5.41) is 0. The van der Waals surface area contributed by atoms with E-state index in [0.29, 0.717) is 17.0 Å². The Morgan fingerprint density at radius 3 is 2.04 bits per heavy atom. The molecule has 1 unspecified atom stereocenters. The molecule has 0 fully saturated rings. The number of carbonyl (C=O) groups is 2. The fourth-order valence-corrected chi connectivity index (χ4v) is 4.20. The summed E-state index contributed by atoms with van der Waals surface area (Å²) >= 11 is 0. The average molecular weight is 335 g/mol. The first-order valence-electron chi connectivity index (χ1n) is 8.67. The lowest BCUT2D eigenvalue weighted by atomic mass is 9.71. The zero-order valence-corrected chi connectivity index (χ0v) is 15.5. The molecule has 130 valence electrons. The van der Waals surface area contributed by atoms with Crippen molar-refractivity contribution in [1.29, 1.82) is 0 Å². The van der Waals surface area contributed by atoms with Gasteiger partial charge >= 0.3 is 0 Å². The van der Waals surface area contributed by atoms with Gasteiger partial charge in [-0.25, -0.2) is 0 Å². The topological polar surface area (TPSA) is 60.2 Å². The Labute approximate surface area is 149 Å². The third kappa shape index (κ3) is 2.50. The van der Waals surface area contributed by atoms with Crippen LogP contribution in [0.5, 0.6) is 0 Å². The molecule has 0 bridgehead atoms. The zero-order valence-electron chi connectivity index (χ0n) is 15.5. The molecule has 1 aliphatic carbocycles. The largest absolute Gasteiger partial charge is 0.366 e. The van der Waals surface area contributed by atoms with Gasteiger partial charge in [0.05, 0.1) is 5.56 Å². The van der Waals surface area contributed by atoms with Crippen LogP contribution in [0.25, 0.3) is 0 Å². The van der Waals surface area contributed by atoms with E-state index in [2.05, 4.69) is 40.7 Å². The SMILES string of the molecule is CC1C(C)(C)c2ccc(C(=O)c3ccccc3C(N)=O)cc2C1(C)C. The van der Waals surface area contributed by atoms with E-state index in [1.165, 1.54) is 11.1 Å². The number of amides is 1. The quantitative estimate of drug-likeness (QED) is 0.854. The first kappa shape index (κ1) is 17.4. The summed E-state index contributed by atoms with van der Waals surface area (Å²) in [5.41, 5.74) is 9.21. The fourth-order valence-electron chi connectivity index (χ4n) is 4.20. The molecule has 25 heavy (non-hydrogen) atoms. The third-order valence-corrected chi connectivity index (χ3v) is 6.27. The van der Waals surface area contributed by atoms with Gasteiger partial charge in [-0.05, 0) is 40.0 Å². The molecule has 2 N–H and O–H groups in total. The lowest BCUT2D eigenvalue weighted by Crippen LogP contribution is -2.30. The Kier molecular flexibility index (Phi) is 3.86. The van der Waals surface area contributed by atoms with Crippen LogP contribution in [0.15, 0.2) is 42.5 Å². The molecule has 0 saturated carbocycles. The van der Waals surface area contributed by atoms with Crippen molar-refractivity contribution in [3.63, 3.8) is 0 Å². The minimum Gasteiger partial charge on any atom is -0.366 e. The van der Waals surface area contributed by atoms with Crippen LogP contribution in [0, 0.1) is 5.92 Å². The van der Waals surface area contributed by atoms with Gasteiger partial charge in [0.15, 0.2) is 5.78 Å². The van der Waals surface area contributed by atoms with Crippen molar-refractivity contribution < 1.29 is 9.59 Å². The minimum absolute atomic E-state index is 0.0155. The van der Waals surface area contributed by atoms with Gasteiger partial charge in [0.25, 0.3) is 0 Å². The van der Waals surface area contributed by atoms with Crippen molar-refractivity contribution >= 4 is 11.7 Å². The fraction of sp³-hybridized carbons (Fsp3) is 0.364. The number of fused-ring (bicyclic) bond motifs is 1. The summed E-state index contributed by atoms with van der Waals surface area (Å²) in [4.78, 5) is 24.7. The molecule has 0 aliphatic heterocycles. The maximum absolute atomic E-state index is 13.0. The molecule has 1 aliphatic rings. The normalized spacial score (nSPS) is 20.1. The molecule has 3 heteroatoms. The Hall–Kier alpha value is -2.42. The highest BCUT2D eigenvalue weighted by atomic mass is 16.1. The van der Waals surface area contributed by atoms with Gasteiger partial charge in [-0.1, -0.05) is 65.0 Å². The summed E-state index contributed by atoms with van der Waals surface area (Å²) in [6, 6.07) is 12.7. The van der Waals surface area contributed by atoms with Crippen molar-refractivity contribution in [1.82, 2.24) is 0 Å². The first-order valence-corrected chi connectivity index (χ1v) is 8.67. The summed E-state index contributed by atoms with van der Waals surface area (Å²) in [6.45, 7) is 11.3. The van der Waals surface area contributed by atoms with E-state index in [9.17, 15) is 9.59 Å². The first-order chi connectivity index (χ1) is 11.6. The molecule has 2 aromatic carbocycles. The Balaban J connectivity index is 2.13. The average Bonchev–Trinajstić information content (AvgIpc) is 2.72. The molecular formula is C22H25NO2. The van der Waals surface area contributed by atoms with E-state index in [0.717, 1.165) is 0 Å². The van der Waals surface area contributed by atoms with Gasteiger partial charge in [0.2, 0.25) is 5.91 Å². The molecule has 0 radical (unpaired) electrons. The number of hydrogen-bond acceptors (Lipinski definition) is 2. The summed E-state index contributed by atoms with van der Waals surface area (Å²) < 4.78 is 0. The second-order valence-electron chi connectivity index (χ2n) is 8.16. The smallest absolute Gasteiger partial charge is 0.249 e.